The average molecular weight is 1480 g/mol. The number of benzene rings is 4. The minimum atomic E-state index is -2.30. The quantitative estimate of drug-likeness (QED) is 0.111. The summed E-state index contributed by atoms with van der Waals surface area (Å²) in [5.41, 5.74) is 24.6. The van der Waals surface area contributed by atoms with E-state index in [1.807, 2.05) is 161 Å². The predicted octanol–water partition coefficient (Wildman–Crippen LogP) is 24.2. The number of furan rings is 4. The number of hydrogen-bond donors (Lipinski definition) is 0. The van der Waals surface area contributed by atoms with E-state index in [1.54, 1.807) is 52.5 Å². The summed E-state index contributed by atoms with van der Waals surface area (Å²) in [4.78, 5) is 18.8. The van der Waals surface area contributed by atoms with Gasteiger partial charge in [0.2, 0.25) is 45.6 Å². The van der Waals surface area contributed by atoms with E-state index < -0.39 is 39.2 Å². The van der Waals surface area contributed by atoms with Crippen LogP contribution in [0.25, 0.3) is 133 Å². The maximum Gasteiger partial charge on any atom is 0.227 e. The lowest BCUT2D eigenvalue weighted by Crippen LogP contribution is -2.32. The van der Waals surface area contributed by atoms with E-state index in [9.17, 15) is 0 Å². The summed E-state index contributed by atoms with van der Waals surface area (Å²) in [6.07, 6.45) is 8.42. The summed E-state index contributed by atoms with van der Waals surface area (Å²) in [5.74, 6) is -1.36. The van der Waals surface area contributed by atoms with Crippen molar-refractivity contribution in [2.24, 2.45) is 28.2 Å². The first-order chi connectivity index (χ1) is 57.8. The van der Waals surface area contributed by atoms with Crippen molar-refractivity contribution in [1.29, 1.82) is 0 Å². The normalized spacial score (nSPS) is 14.5. The van der Waals surface area contributed by atoms with Crippen LogP contribution < -0.4 is 18.3 Å². The van der Waals surface area contributed by atoms with Gasteiger partial charge in [-0.1, -0.05) is 145 Å². The Morgan fingerprint density at radius 3 is 0.800 bits per heavy atom. The molecule has 0 saturated heterocycles. The van der Waals surface area contributed by atoms with E-state index in [-0.39, 0.29) is 23.0 Å². The number of aromatic nitrogens is 8. The number of hydrogen-bond acceptors (Lipinski definition) is 8. The molecule has 110 heavy (non-hydrogen) atoms. The molecule has 12 aromatic heterocycles. The highest BCUT2D eigenvalue weighted by Gasteiger charge is 2.29. The molecule has 0 N–H and O–H groups in total. The Balaban J connectivity index is 0.000000142. The maximum atomic E-state index is 8.60. The third kappa shape index (κ3) is 14.5. The number of pyridine rings is 8. The molecule has 16 aromatic rings. The Labute approximate surface area is 669 Å². The van der Waals surface area contributed by atoms with Crippen molar-refractivity contribution in [3.05, 3.63) is 236 Å². The molecule has 0 amide bonds. The molecule has 12 heteroatoms. The topological polar surface area (TPSA) is 120 Å². The molecule has 0 radical (unpaired) electrons. The summed E-state index contributed by atoms with van der Waals surface area (Å²) in [6, 6.07) is 40.6. The van der Waals surface area contributed by atoms with Gasteiger partial charge in [0.05, 0.1) is 22.3 Å². The van der Waals surface area contributed by atoms with Crippen LogP contribution in [0.3, 0.4) is 0 Å². The van der Waals surface area contributed by atoms with Gasteiger partial charge in [-0.15, -0.1) is 0 Å². The van der Waals surface area contributed by atoms with Crippen molar-refractivity contribution in [3.63, 3.8) is 0 Å². The fourth-order valence-electron chi connectivity index (χ4n) is 15.1. The minimum absolute atomic E-state index is 0.0841. The van der Waals surface area contributed by atoms with Gasteiger partial charge in [-0.25, -0.2) is 38.2 Å². The second-order valence-electron chi connectivity index (χ2n) is 31.2. The van der Waals surface area contributed by atoms with Gasteiger partial charge in [0.25, 0.3) is 0 Å². The molecule has 0 aliphatic heterocycles. The Hall–Kier alpha value is -10.7. The van der Waals surface area contributed by atoms with E-state index >= 15 is 0 Å². The van der Waals surface area contributed by atoms with E-state index in [0.717, 1.165) is 179 Å². The van der Waals surface area contributed by atoms with Gasteiger partial charge in [0, 0.05) is 132 Å². The van der Waals surface area contributed by atoms with Crippen molar-refractivity contribution in [3.8, 4) is 45.0 Å². The summed E-state index contributed by atoms with van der Waals surface area (Å²) in [7, 11) is 7.45. The Kier molecular flexibility index (Phi) is 17.2. The molecule has 0 spiro atoms. The number of rotatable bonds is 12. The molecule has 16 rings (SSSR count). The van der Waals surface area contributed by atoms with Crippen molar-refractivity contribution in [2.75, 3.05) is 0 Å². The molecule has 0 aliphatic carbocycles. The fourth-order valence-corrected chi connectivity index (χ4v) is 15.1. The first kappa shape index (κ1) is 61.1. The smallest absolute Gasteiger partial charge is 0.227 e. The van der Waals surface area contributed by atoms with Gasteiger partial charge in [-0.2, -0.15) is 0 Å². The molecule has 564 valence electrons. The summed E-state index contributed by atoms with van der Waals surface area (Å²) < 4.78 is 145. The Bertz CT molecular complexity index is 6860. The highest BCUT2D eigenvalue weighted by Crippen LogP contribution is 2.43. The highest BCUT2D eigenvalue weighted by molar-refractivity contribution is 6.12. The molecule has 0 unspecified atom stereocenters. The van der Waals surface area contributed by atoms with E-state index in [0.29, 0.717) is 56.9 Å². The Morgan fingerprint density at radius 2 is 0.555 bits per heavy atom. The summed E-state index contributed by atoms with van der Waals surface area (Å²) >= 11 is 0. The zero-order valence-corrected chi connectivity index (χ0v) is 67.8. The largest absolute Gasteiger partial charge is 0.437 e. The van der Waals surface area contributed by atoms with Crippen molar-refractivity contribution in [2.45, 2.75) is 200 Å². The van der Waals surface area contributed by atoms with Gasteiger partial charge in [-0.05, 0) is 196 Å². The first-order valence-electron chi connectivity index (χ1n) is 45.3. The summed E-state index contributed by atoms with van der Waals surface area (Å²) in [5, 5.41) is 7.87. The molecule has 0 aliphatic rings. The molecule has 4 aromatic carbocycles. The number of fused-ring (bicyclic) bond motifs is 12. The molecular formula is C98H112N8O4+4. The molecule has 0 bridgehead atoms. The average Bonchev–Trinajstić information content (AvgIpc) is 1.52. The van der Waals surface area contributed by atoms with Crippen LogP contribution in [0.2, 0.25) is 0 Å². The molecule has 12 heterocycles. The standard InChI is InChI=1S/2C25H29N2O.2C24H27N2O/c2*1-14(2)20-12-22(27(7)13-17(20)6)23-16(5)8-9-18-19-10-11-21(15(3)4)26-25(19)28-24(18)23;2*1-7-17-9-11-19-18-10-8-15(4)22(23(18)27-24(19)25-17)21-12-20(14(2)3)16(5)13-26(21)6/h2*8-15H,1-7H3;2*8-14H,7H2,1-6H3/q4*+1/i6D3,14D;6D3;5D3,14D;5D3. The monoisotopic (exact) mass is 1480 g/mol. The van der Waals surface area contributed by atoms with Crippen molar-refractivity contribution in [1.82, 2.24) is 19.9 Å². The molecule has 0 saturated carbocycles. The Morgan fingerprint density at radius 1 is 0.309 bits per heavy atom. The maximum absolute atomic E-state index is 8.60. The van der Waals surface area contributed by atoms with Crippen LogP contribution >= 0.6 is 0 Å². The van der Waals surface area contributed by atoms with Crippen LogP contribution in [-0.2, 0) is 41.0 Å². The molecule has 0 atom stereocenters. The van der Waals surface area contributed by atoms with E-state index in [2.05, 4.69) is 114 Å². The summed E-state index contributed by atoms with van der Waals surface area (Å²) in [6.45, 7) is 26.8. The fraction of sp³-hybridized carbons (Fsp3) is 0.347. The van der Waals surface area contributed by atoms with Gasteiger partial charge in [-0.3, -0.25) is 0 Å². The zero-order chi connectivity index (χ0) is 90.8. The van der Waals surface area contributed by atoms with Crippen LogP contribution in [0.4, 0.5) is 0 Å². The first-order valence-corrected chi connectivity index (χ1v) is 38.3. The third-order valence-electron chi connectivity index (χ3n) is 21.4. The SMILES string of the molecule is [2H]C([2H])([2H])c1c[n+](C)c(-c2c(C)ccc3c2oc2nc(C(C)C)ccc23)cc1C(C)C.[2H]C([2H])([2H])c1c[n+](C)c(-c2c(C)ccc3c2oc2nc(C(C)C)ccc23)cc1C([2H])(C)C.[2H]C([2H])([2H])c1c[n+](C)c(-c2c(C)ccc3c2oc2nc(CC)ccc23)cc1C(C)C.[2H]C([2H])([2H])c1c[n+](C)c(-c2c(C)ccc3c2oc2nc(CC)ccc23)cc1C([2H])(C)C. The van der Waals surface area contributed by atoms with Crippen LogP contribution in [-0.4, -0.2) is 19.9 Å². The second kappa shape index (κ2) is 31.0. The van der Waals surface area contributed by atoms with E-state index in [1.165, 1.54) is 0 Å². The molecular weight excluding hydrogens is 1350 g/mol. The van der Waals surface area contributed by atoms with Crippen LogP contribution in [0, 0.1) is 55.1 Å². The minimum Gasteiger partial charge on any atom is -0.437 e. The lowest BCUT2D eigenvalue weighted by molar-refractivity contribution is -0.660. The van der Waals surface area contributed by atoms with Crippen LogP contribution in [0.1, 0.15) is 241 Å². The second-order valence-corrected chi connectivity index (χ2v) is 31.2. The van der Waals surface area contributed by atoms with Crippen molar-refractivity contribution < 1.29 is 55.1 Å². The lowest BCUT2D eigenvalue weighted by Gasteiger charge is -2.12. The van der Waals surface area contributed by atoms with Crippen molar-refractivity contribution >= 4 is 88.3 Å². The number of aryl methyl sites for hydroxylation is 14. The van der Waals surface area contributed by atoms with Gasteiger partial charge in [0.1, 0.15) is 28.2 Å². The zero-order valence-electron chi connectivity index (χ0n) is 81.8. The van der Waals surface area contributed by atoms with E-state index in [4.69, 9.17) is 46.8 Å². The van der Waals surface area contributed by atoms with Gasteiger partial charge in [0.15, 0.2) is 47.1 Å². The lowest BCUT2D eigenvalue weighted by atomic mass is 9.94. The van der Waals surface area contributed by atoms with Crippen LogP contribution in [0.15, 0.2) is 164 Å². The van der Waals surface area contributed by atoms with Gasteiger partial charge < -0.3 is 17.7 Å². The third-order valence-corrected chi connectivity index (χ3v) is 21.4. The highest BCUT2D eigenvalue weighted by atomic mass is 16.4. The van der Waals surface area contributed by atoms with Gasteiger partial charge >= 0.3 is 0 Å². The van der Waals surface area contributed by atoms with Crippen LogP contribution in [0.5, 0.6) is 0 Å². The number of nitrogens with zero attached hydrogens (tertiary/aromatic N) is 8. The molecule has 12 nitrogen and oxygen atoms in total. The predicted molar refractivity (Wildman–Crippen MR) is 454 cm³/mol. The molecule has 0 fully saturated rings.